The van der Waals surface area contributed by atoms with Crippen molar-refractivity contribution in [1.82, 2.24) is 9.97 Å². The van der Waals surface area contributed by atoms with Crippen molar-refractivity contribution in [2.24, 2.45) is 0 Å². The van der Waals surface area contributed by atoms with Gasteiger partial charge in [0, 0.05) is 0 Å². The van der Waals surface area contributed by atoms with Crippen LogP contribution >= 0.6 is 12.2 Å². The molecule has 0 aliphatic rings. The summed E-state index contributed by atoms with van der Waals surface area (Å²) in [6.07, 6.45) is 0. The number of rotatable bonds is 3. The highest BCUT2D eigenvalue weighted by Crippen LogP contribution is 2.22. The molecule has 2 rings (SSSR count). The molecule has 94 valence electrons. The van der Waals surface area contributed by atoms with E-state index >= 15 is 0 Å². The van der Waals surface area contributed by atoms with Gasteiger partial charge in [0.25, 0.3) is 5.56 Å². The van der Waals surface area contributed by atoms with Crippen LogP contribution in [0.3, 0.4) is 0 Å². The quantitative estimate of drug-likeness (QED) is 0.740. The molecule has 0 fully saturated rings. The van der Waals surface area contributed by atoms with E-state index in [2.05, 4.69) is 9.97 Å². The summed E-state index contributed by atoms with van der Waals surface area (Å²) in [4.78, 5) is 17.1. The van der Waals surface area contributed by atoms with Crippen LogP contribution in [-0.4, -0.2) is 16.6 Å². The number of hydrogen-bond donors (Lipinski definition) is 3. The van der Waals surface area contributed by atoms with E-state index in [1.165, 1.54) is 0 Å². The van der Waals surface area contributed by atoms with Gasteiger partial charge in [-0.2, -0.15) is 0 Å². The number of nitrogens with one attached hydrogen (secondary N) is 2. The average molecular weight is 263 g/mol. The van der Waals surface area contributed by atoms with Crippen molar-refractivity contribution in [2.75, 3.05) is 12.3 Å². The number of anilines is 1. The molecule has 0 unspecified atom stereocenters. The summed E-state index contributed by atoms with van der Waals surface area (Å²) in [5.74, 6) is 1.01. The largest absolute Gasteiger partial charge is 0.494 e. The van der Waals surface area contributed by atoms with Crippen molar-refractivity contribution in [2.45, 2.75) is 6.92 Å². The topological polar surface area (TPSA) is 83.9 Å². The van der Waals surface area contributed by atoms with Crippen LogP contribution < -0.4 is 16.0 Å². The molecule has 2 aromatic rings. The van der Waals surface area contributed by atoms with Crippen molar-refractivity contribution >= 4 is 18.0 Å². The second kappa shape index (κ2) is 5.05. The zero-order valence-corrected chi connectivity index (χ0v) is 10.6. The molecule has 6 heteroatoms. The molecule has 0 bridgehead atoms. The summed E-state index contributed by atoms with van der Waals surface area (Å²) in [6.45, 7) is 2.51. The van der Waals surface area contributed by atoms with Crippen LogP contribution in [0.15, 0.2) is 29.1 Å². The van der Waals surface area contributed by atoms with E-state index in [0.29, 0.717) is 17.7 Å². The summed E-state index contributed by atoms with van der Waals surface area (Å²) in [6, 6.07) is 7.14. The van der Waals surface area contributed by atoms with Gasteiger partial charge in [-0.25, -0.2) is 0 Å². The maximum absolute atomic E-state index is 11.8. The molecule has 0 aliphatic carbocycles. The number of H-pyrrole nitrogens is 2. The summed E-state index contributed by atoms with van der Waals surface area (Å²) in [5, 5.41) is 0. The Kier molecular flexibility index (Phi) is 3.47. The predicted octanol–water partition coefficient (Wildman–Crippen LogP) is 2.08. The first-order valence-corrected chi connectivity index (χ1v) is 5.88. The normalized spacial score (nSPS) is 10.3. The Morgan fingerprint density at radius 1 is 1.28 bits per heavy atom. The van der Waals surface area contributed by atoms with Crippen molar-refractivity contribution in [3.8, 4) is 16.9 Å². The van der Waals surface area contributed by atoms with Crippen molar-refractivity contribution < 1.29 is 4.74 Å². The van der Waals surface area contributed by atoms with E-state index < -0.39 is 0 Å². The van der Waals surface area contributed by atoms with Gasteiger partial charge in [-0.15, -0.1) is 0 Å². The molecule has 0 amide bonds. The molecular formula is C12H13N3O2S. The van der Waals surface area contributed by atoms with E-state index in [1.807, 2.05) is 6.92 Å². The Hall–Kier alpha value is -2.08. The van der Waals surface area contributed by atoms with Gasteiger partial charge >= 0.3 is 0 Å². The zero-order valence-electron chi connectivity index (χ0n) is 9.82. The Morgan fingerprint density at radius 3 is 2.50 bits per heavy atom. The Balaban J connectivity index is 2.49. The number of nitrogen functional groups attached to an aromatic ring is 1. The highest BCUT2D eigenvalue weighted by Gasteiger charge is 2.08. The smallest absolute Gasteiger partial charge is 0.261 e. The molecular weight excluding hydrogens is 250 g/mol. The molecule has 1 heterocycles. The molecule has 0 saturated carbocycles. The average Bonchev–Trinajstić information content (AvgIpc) is 2.30. The van der Waals surface area contributed by atoms with Gasteiger partial charge in [0.1, 0.15) is 11.6 Å². The minimum Gasteiger partial charge on any atom is -0.494 e. The molecule has 0 atom stereocenters. The lowest BCUT2D eigenvalue weighted by Gasteiger charge is -2.06. The number of nitrogens with two attached hydrogens (primary N) is 1. The molecule has 5 nitrogen and oxygen atoms in total. The summed E-state index contributed by atoms with van der Waals surface area (Å²) in [7, 11) is 0. The molecule has 18 heavy (non-hydrogen) atoms. The third kappa shape index (κ3) is 2.43. The summed E-state index contributed by atoms with van der Waals surface area (Å²) in [5.41, 5.74) is 6.57. The van der Waals surface area contributed by atoms with Gasteiger partial charge in [0.15, 0.2) is 4.77 Å². The van der Waals surface area contributed by atoms with Crippen molar-refractivity contribution in [3.05, 3.63) is 39.4 Å². The van der Waals surface area contributed by atoms with E-state index in [9.17, 15) is 4.79 Å². The van der Waals surface area contributed by atoms with E-state index in [-0.39, 0.29) is 16.1 Å². The monoisotopic (exact) mass is 263 g/mol. The van der Waals surface area contributed by atoms with Gasteiger partial charge in [-0.3, -0.25) is 9.78 Å². The van der Waals surface area contributed by atoms with Crippen LogP contribution in [0.5, 0.6) is 5.75 Å². The lowest BCUT2D eigenvalue weighted by Crippen LogP contribution is -2.13. The van der Waals surface area contributed by atoms with Gasteiger partial charge in [-0.1, -0.05) is 12.1 Å². The van der Waals surface area contributed by atoms with Gasteiger partial charge in [0.05, 0.1) is 12.2 Å². The maximum atomic E-state index is 11.8. The number of benzene rings is 1. The molecule has 0 aliphatic heterocycles. The minimum atomic E-state index is -0.305. The van der Waals surface area contributed by atoms with Crippen LogP contribution in [0.1, 0.15) is 6.92 Å². The molecule has 0 saturated heterocycles. The lowest BCUT2D eigenvalue weighted by molar-refractivity contribution is 0.340. The van der Waals surface area contributed by atoms with Crippen molar-refractivity contribution in [3.63, 3.8) is 0 Å². The standard InChI is InChI=1S/C12H13N3O2S/c1-2-17-8-5-3-7(4-6-8)9-10(13)14-12(18)15-11(9)16/h3-6H,2H2,1H3,(H4,13,14,15,16,18). The third-order valence-corrected chi connectivity index (χ3v) is 2.63. The zero-order chi connectivity index (χ0) is 13.1. The van der Waals surface area contributed by atoms with E-state index in [0.717, 1.165) is 5.75 Å². The lowest BCUT2D eigenvalue weighted by atomic mass is 10.1. The Morgan fingerprint density at radius 2 is 1.94 bits per heavy atom. The van der Waals surface area contributed by atoms with Crippen LogP contribution in [0.2, 0.25) is 0 Å². The van der Waals surface area contributed by atoms with E-state index in [1.54, 1.807) is 24.3 Å². The van der Waals surface area contributed by atoms with Crippen molar-refractivity contribution in [1.29, 1.82) is 0 Å². The van der Waals surface area contributed by atoms with Gasteiger partial charge in [-0.05, 0) is 36.8 Å². The molecule has 0 spiro atoms. The second-order valence-corrected chi connectivity index (χ2v) is 4.06. The fraction of sp³-hybridized carbons (Fsp3) is 0.167. The SMILES string of the molecule is CCOc1ccc(-c2c(N)[nH]c(=S)[nH]c2=O)cc1. The Labute approximate surface area is 109 Å². The number of ether oxygens (including phenoxy) is 1. The van der Waals surface area contributed by atoms with Gasteiger partial charge < -0.3 is 15.5 Å². The van der Waals surface area contributed by atoms with Gasteiger partial charge in [0.2, 0.25) is 0 Å². The van der Waals surface area contributed by atoms with Crippen LogP contribution in [0, 0.1) is 4.77 Å². The fourth-order valence-corrected chi connectivity index (χ4v) is 1.88. The highest BCUT2D eigenvalue weighted by atomic mass is 32.1. The van der Waals surface area contributed by atoms with Crippen LogP contribution in [0.4, 0.5) is 5.82 Å². The Bertz CT molecular complexity index is 658. The third-order valence-electron chi connectivity index (χ3n) is 2.43. The first kappa shape index (κ1) is 12.4. The molecule has 1 aromatic heterocycles. The molecule has 0 radical (unpaired) electrons. The first-order chi connectivity index (χ1) is 8.61. The number of hydrogen-bond acceptors (Lipinski definition) is 4. The molecule has 1 aromatic carbocycles. The minimum absolute atomic E-state index is 0.215. The first-order valence-electron chi connectivity index (χ1n) is 5.47. The highest BCUT2D eigenvalue weighted by molar-refractivity contribution is 7.71. The summed E-state index contributed by atoms with van der Waals surface area (Å²) < 4.78 is 5.55. The number of aromatic nitrogens is 2. The summed E-state index contributed by atoms with van der Waals surface area (Å²) >= 11 is 4.84. The fourth-order valence-electron chi connectivity index (χ4n) is 1.68. The van der Waals surface area contributed by atoms with E-state index in [4.69, 9.17) is 22.7 Å². The number of aromatic amines is 2. The van der Waals surface area contributed by atoms with Crippen LogP contribution in [-0.2, 0) is 0 Å². The second-order valence-electron chi connectivity index (χ2n) is 3.65. The molecule has 4 N–H and O–H groups in total. The maximum Gasteiger partial charge on any atom is 0.261 e. The van der Waals surface area contributed by atoms with Crippen LogP contribution in [0.25, 0.3) is 11.1 Å². The predicted molar refractivity (Wildman–Crippen MR) is 73.3 cm³/mol.